The van der Waals surface area contributed by atoms with Crippen molar-refractivity contribution in [1.82, 2.24) is 0 Å². The van der Waals surface area contributed by atoms with Gasteiger partial charge in [-0.25, -0.2) is 0 Å². The number of nitrogens with two attached hydrogens (primary N) is 1. The fourth-order valence-electron chi connectivity index (χ4n) is 2.46. The monoisotopic (exact) mass is 281 g/mol. The van der Waals surface area contributed by atoms with Gasteiger partial charge >= 0.3 is 0 Å². The van der Waals surface area contributed by atoms with Crippen LogP contribution in [0.5, 0.6) is 0 Å². The van der Waals surface area contributed by atoms with Crippen molar-refractivity contribution in [2.24, 2.45) is 11.7 Å². The van der Waals surface area contributed by atoms with Crippen LogP contribution in [-0.2, 0) is 4.74 Å². The van der Waals surface area contributed by atoms with Gasteiger partial charge in [0.15, 0.2) is 0 Å². The first-order valence-corrected chi connectivity index (χ1v) is 6.88. The second kappa shape index (κ2) is 6.26. The van der Waals surface area contributed by atoms with Gasteiger partial charge in [0.1, 0.15) is 5.84 Å². The molecule has 1 aromatic rings. The van der Waals surface area contributed by atoms with Gasteiger partial charge in [-0.05, 0) is 37.0 Å². The van der Waals surface area contributed by atoms with Crippen molar-refractivity contribution >= 4 is 23.1 Å². The molecule has 1 aliphatic rings. The summed E-state index contributed by atoms with van der Waals surface area (Å²) < 4.78 is 5.37. The summed E-state index contributed by atoms with van der Waals surface area (Å²) in [6.07, 6.45) is 2.17. The van der Waals surface area contributed by atoms with Gasteiger partial charge in [0, 0.05) is 43.1 Å². The van der Waals surface area contributed by atoms with Gasteiger partial charge in [0.2, 0.25) is 0 Å². The van der Waals surface area contributed by atoms with Crippen LogP contribution in [-0.4, -0.2) is 32.6 Å². The number of halogens is 1. The number of nitrogens with one attached hydrogen (secondary N) is 1. The molecule has 0 amide bonds. The van der Waals surface area contributed by atoms with Gasteiger partial charge in [-0.2, -0.15) is 0 Å². The third-order valence-corrected chi connectivity index (χ3v) is 3.77. The highest BCUT2D eigenvalue weighted by Gasteiger charge is 2.18. The second-order valence-electron chi connectivity index (χ2n) is 5.01. The minimum absolute atomic E-state index is 0.0745. The molecule has 1 aromatic carbocycles. The van der Waals surface area contributed by atoms with E-state index >= 15 is 0 Å². The van der Waals surface area contributed by atoms with E-state index < -0.39 is 0 Å². The lowest BCUT2D eigenvalue weighted by atomic mass is 9.99. The summed E-state index contributed by atoms with van der Waals surface area (Å²) in [7, 11) is 2.02. The van der Waals surface area contributed by atoms with Crippen molar-refractivity contribution in [2.75, 3.05) is 31.7 Å². The van der Waals surface area contributed by atoms with Gasteiger partial charge in [-0.1, -0.05) is 11.6 Å². The van der Waals surface area contributed by atoms with Crippen LogP contribution in [0.1, 0.15) is 18.4 Å². The van der Waals surface area contributed by atoms with E-state index in [0.717, 1.165) is 43.9 Å². The molecule has 0 saturated carbocycles. The molecule has 4 nitrogen and oxygen atoms in total. The summed E-state index contributed by atoms with van der Waals surface area (Å²) in [6, 6.07) is 5.45. The quantitative estimate of drug-likeness (QED) is 0.658. The molecule has 0 spiro atoms. The summed E-state index contributed by atoms with van der Waals surface area (Å²) in [6.45, 7) is 2.62. The van der Waals surface area contributed by atoms with Crippen molar-refractivity contribution in [3.05, 3.63) is 28.8 Å². The van der Waals surface area contributed by atoms with Crippen LogP contribution in [0.25, 0.3) is 0 Å². The molecular formula is C14H20ClN3O. The van der Waals surface area contributed by atoms with Crippen LogP contribution in [0, 0.1) is 11.3 Å². The maximum Gasteiger partial charge on any atom is 0.124 e. The van der Waals surface area contributed by atoms with E-state index in [0.29, 0.717) is 10.9 Å². The van der Waals surface area contributed by atoms with E-state index in [9.17, 15) is 0 Å². The Bertz CT molecular complexity index is 458. The lowest BCUT2D eigenvalue weighted by Crippen LogP contribution is -2.31. The molecule has 3 N–H and O–H groups in total. The van der Waals surface area contributed by atoms with Gasteiger partial charge < -0.3 is 15.4 Å². The van der Waals surface area contributed by atoms with Crippen molar-refractivity contribution in [3.63, 3.8) is 0 Å². The van der Waals surface area contributed by atoms with Gasteiger partial charge in [0.05, 0.1) is 0 Å². The normalized spacial score (nSPS) is 16.3. The van der Waals surface area contributed by atoms with Crippen molar-refractivity contribution < 1.29 is 4.74 Å². The Balaban J connectivity index is 2.14. The molecule has 104 valence electrons. The highest BCUT2D eigenvalue weighted by Crippen LogP contribution is 2.26. The van der Waals surface area contributed by atoms with Crippen LogP contribution in [0.3, 0.4) is 0 Å². The number of amidine groups is 1. The molecule has 0 aliphatic carbocycles. The SMILES string of the molecule is CN(CC1CCOCC1)c1cc(Cl)ccc1C(=N)N. The first-order valence-electron chi connectivity index (χ1n) is 6.50. The fraction of sp³-hybridized carbons (Fsp3) is 0.500. The molecule has 0 atom stereocenters. The van der Waals surface area contributed by atoms with Crippen LogP contribution in [0.2, 0.25) is 5.02 Å². The molecule has 0 bridgehead atoms. The predicted molar refractivity (Wildman–Crippen MR) is 79.3 cm³/mol. The van der Waals surface area contributed by atoms with Crippen LogP contribution in [0.15, 0.2) is 18.2 Å². The Morgan fingerprint density at radius 2 is 2.16 bits per heavy atom. The second-order valence-corrected chi connectivity index (χ2v) is 5.45. The molecule has 1 saturated heterocycles. The minimum atomic E-state index is 0.0745. The number of nitrogen functional groups attached to an aromatic ring is 1. The van der Waals surface area contributed by atoms with Crippen LogP contribution in [0.4, 0.5) is 5.69 Å². The molecule has 1 aliphatic heterocycles. The van der Waals surface area contributed by atoms with E-state index in [1.165, 1.54) is 0 Å². The third kappa shape index (κ3) is 3.61. The standard InChI is InChI=1S/C14H20ClN3O/c1-18(9-10-4-6-19-7-5-10)13-8-11(15)2-3-12(13)14(16)17/h2-3,8,10H,4-7,9H2,1H3,(H3,16,17). The first kappa shape index (κ1) is 14.2. The van der Waals surface area contributed by atoms with E-state index in [4.69, 9.17) is 27.5 Å². The maximum absolute atomic E-state index is 7.65. The lowest BCUT2D eigenvalue weighted by Gasteiger charge is -2.29. The summed E-state index contributed by atoms with van der Waals surface area (Å²) in [4.78, 5) is 2.14. The van der Waals surface area contributed by atoms with E-state index in [-0.39, 0.29) is 5.84 Å². The minimum Gasteiger partial charge on any atom is -0.384 e. The Labute approximate surface area is 119 Å². The number of hydrogen-bond donors (Lipinski definition) is 2. The Hall–Kier alpha value is -1.26. The lowest BCUT2D eigenvalue weighted by molar-refractivity contribution is 0.0685. The largest absolute Gasteiger partial charge is 0.384 e. The van der Waals surface area contributed by atoms with Gasteiger partial charge in [0.25, 0.3) is 0 Å². The Kier molecular flexibility index (Phi) is 4.66. The Morgan fingerprint density at radius 1 is 1.47 bits per heavy atom. The fourth-order valence-corrected chi connectivity index (χ4v) is 2.63. The molecule has 19 heavy (non-hydrogen) atoms. The number of benzene rings is 1. The predicted octanol–water partition coefficient (Wildman–Crippen LogP) is 2.49. The van der Waals surface area contributed by atoms with Crippen molar-refractivity contribution in [1.29, 1.82) is 5.41 Å². The van der Waals surface area contributed by atoms with Crippen molar-refractivity contribution in [3.8, 4) is 0 Å². The summed E-state index contributed by atoms with van der Waals surface area (Å²) >= 11 is 6.05. The molecule has 0 radical (unpaired) electrons. The molecule has 0 unspecified atom stereocenters. The van der Waals surface area contributed by atoms with Gasteiger partial charge in [-0.3, -0.25) is 5.41 Å². The summed E-state index contributed by atoms with van der Waals surface area (Å²) in [5, 5.41) is 8.31. The number of ether oxygens (including phenoxy) is 1. The van der Waals surface area contributed by atoms with Crippen LogP contribution < -0.4 is 10.6 Å². The highest BCUT2D eigenvalue weighted by molar-refractivity contribution is 6.31. The van der Waals surface area contributed by atoms with E-state index in [2.05, 4.69) is 4.90 Å². The average Bonchev–Trinajstić information content (AvgIpc) is 2.39. The highest BCUT2D eigenvalue weighted by atomic mass is 35.5. The summed E-state index contributed by atoms with van der Waals surface area (Å²) in [5.74, 6) is 0.697. The number of hydrogen-bond acceptors (Lipinski definition) is 3. The average molecular weight is 282 g/mol. The number of nitrogens with zero attached hydrogens (tertiary/aromatic N) is 1. The number of rotatable bonds is 4. The molecule has 1 fully saturated rings. The molecule has 1 heterocycles. The zero-order chi connectivity index (χ0) is 13.8. The van der Waals surface area contributed by atoms with Crippen molar-refractivity contribution in [2.45, 2.75) is 12.8 Å². The smallest absolute Gasteiger partial charge is 0.124 e. The molecule has 2 rings (SSSR count). The number of anilines is 1. The Morgan fingerprint density at radius 3 is 2.79 bits per heavy atom. The maximum atomic E-state index is 7.65. The van der Waals surface area contributed by atoms with Crippen LogP contribution >= 0.6 is 11.6 Å². The molecule has 5 heteroatoms. The zero-order valence-electron chi connectivity index (χ0n) is 11.2. The third-order valence-electron chi connectivity index (χ3n) is 3.53. The topological polar surface area (TPSA) is 62.3 Å². The zero-order valence-corrected chi connectivity index (χ0v) is 11.9. The van der Waals surface area contributed by atoms with E-state index in [1.807, 2.05) is 13.1 Å². The molecule has 0 aromatic heterocycles. The first-order chi connectivity index (χ1) is 9.08. The van der Waals surface area contributed by atoms with Gasteiger partial charge in [-0.15, -0.1) is 0 Å². The van der Waals surface area contributed by atoms with E-state index in [1.54, 1.807) is 12.1 Å². The summed E-state index contributed by atoms with van der Waals surface area (Å²) in [5.41, 5.74) is 7.29. The molecular weight excluding hydrogens is 262 g/mol.